The molecule has 1 fully saturated rings. The first kappa shape index (κ1) is 14.4. The fraction of sp³-hybridized carbons (Fsp3) is 0.562. The van der Waals surface area contributed by atoms with Gasteiger partial charge in [-0.05, 0) is 43.4 Å². The first-order chi connectivity index (χ1) is 9.08. The summed E-state index contributed by atoms with van der Waals surface area (Å²) in [4.78, 5) is 15.4. The Kier molecular flexibility index (Phi) is 4.92. The van der Waals surface area contributed by atoms with E-state index in [-0.39, 0.29) is 11.2 Å². The highest BCUT2D eigenvalue weighted by atomic mass is 32.2. The molecule has 0 spiro atoms. The van der Waals surface area contributed by atoms with Gasteiger partial charge in [-0.15, -0.1) is 11.8 Å². The molecule has 19 heavy (non-hydrogen) atoms. The number of thioether (sulfide) groups is 1. The predicted octanol–water partition coefficient (Wildman–Crippen LogP) is 3.91. The average Bonchev–Trinajstić information content (AvgIpc) is 2.92. The lowest BCUT2D eigenvalue weighted by Gasteiger charge is -2.20. The third kappa shape index (κ3) is 3.75. The van der Waals surface area contributed by atoms with E-state index in [4.69, 9.17) is 0 Å². The summed E-state index contributed by atoms with van der Waals surface area (Å²) in [6.07, 6.45) is 2.32. The SMILES string of the molecule is CC(Sc1ccc(C(C)C)cc1)C(=O)N1CCCC1. The molecule has 1 amide bonds. The molecule has 2 nitrogen and oxygen atoms in total. The van der Waals surface area contributed by atoms with Crippen LogP contribution in [-0.2, 0) is 4.79 Å². The largest absolute Gasteiger partial charge is 0.342 e. The lowest BCUT2D eigenvalue weighted by atomic mass is 10.0. The fourth-order valence-electron chi connectivity index (χ4n) is 2.38. The van der Waals surface area contributed by atoms with Gasteiger partial charge in [-0.2, -0.15) is 0 Å². The van der Waals surface area contributed by atoms with Crippen molar-refractivity contribution in [2.24, 2.45) is 0 Å². The molecule has 0 N–H and O–H groups in total. The second kappa shape index (κ2) is 6.47. The predicted molar refractivity (Wildman–Crippen MR) is 81.7 cm³/mol. The summed E-state index contributed by atoms with van der Waals surface area (Å²) in [5.74, 6) is 0.846. The molecule has 3 heteroatoms. The maximum absolute atomic E-state index is 12.2. The van der Waals surface area contributed by atoms with Crippen molar-refractivity contribution in [2.75, 3.05) is 13.1 Å². The minimum atomic E-state index is 0.0167. The van der Waals surface area contributed by atoms with Crippen LogP contribution in [-0.4, -0.2) is 29.1 Å². The minimum absolute atomic E-state index is 0.0167. The lowest BCUT2D eigenvalue weighted by molar-refractivity contribution is -0.129. The second-order valence-corrected chi connectivity index (χ2v) is 6.93. The number of likely N-dealkylation sites (tertiary alicyclic amines) is 1. The summed E-state index contributed by atoms with van der Waals surface area (Å²) in [5.41, 5.74) is 1.35. The molecule has 0 aliphatic carbocycles. The first-order valence-corrected chi connectivity index (χ1v) is 8.01. The molecule has 1 saturated heterocycles. The molecule has 1 atom stereocenters. The topological polar surface area (TPSA) is 20.3 Å². The van der Waals surface area contributed by atoms with E-state index in [1.807, 2.05) is 11.8 Å². The van der Waals surface area contributed by atoms with Crippen LogP contribution in [0.2, 0.25) is 0 Å². The Hall–Kier alpha value is -0.960. The normalized spacial score (nSPS) is 16.9. The van der Waals surface area contributed by atoms with Gasteiger partial charge in [0.1, 0.15) is 0 Å². The molecule has 0 saturated carbocycles. The Labute approximate surface area is 120 Å². The molecular weight excluding hydrogens is 254 g/mol. The highest BCUT2D eigenvalue weighted by molar-refractivity contribution is 8.00. The Bertz CT molecular complexity index is 421. The van der Waals surface area contributed by atoms with Gasteiger partial charge in [-0.25, -0.2) is 0 Å². The zero-order valence-corrected chi connectivity index (χ0v) is 12.9. The lowest BCUT2D eigenvalue weighted by Crippen LogP contribution is -2.33. The van der Waals surface area contributed by atoms with Crippen LogP contribution in [0.25, 0.3) is 0 Å². The zero-order valence-electron chi connectivity index (χ0n) is 12.1. The van der Waals surface area contributed by atoms with Gasteiger partial charge in [0.2, 0.25) is 5.91 Å². The summed E-state index contributed by atoms with van der Waals surface area (Å²) in [6, 6.07) is 8.60. The third-order valence-electron chi connectivity index (χ3n) is 3.63. The van der Waals surface area contributed by atoms with Crippen LogP contribution >= 0.6 is 11.8 Å². The van der Waals surface area contributed by atoms with Crippen LogP contribution in [0.4, 0.5) is 0 Å². The van der Waals surface area contributed by atoms with Gasteiger partial charge in [0.15, 0.2) is 0 Å². The van der Waals surface area contributed by atoms with E-state index in [9.17, 15) is 4.79 Å². The van der Waals surface area contributed by atoms with Crippen LogP contribution < -0.4 is 0 Å². The van der Waals surface area contributed by atoms with Crippen LogP contribution in [0.3, 0.4) is 0 Å². The highest BCUT2D eigenvalue weighted by Gasteiger charge is 2.23. The van der Waals surface area contributed by atoms with Gasteiger partial charge < -0.3 is 4.90 Å². The quantitative estimate of drug-likeness (QED) is 0.778. The van der Waals surface area contributed by atoms with Gasteiger partial charge >= 0.3 is 0 Å². The Balaban J connectivity index is 1.94. The van der Waals surface area contributed by atoms with E-state index in [1.165, 1.54) is 10.5 Å². The van der Waals surface area contributed by atoms with Crippen molar-refractivity contribution in [2.45, 2.75) is 49.7 Å². The molecule has 2 rings (SSSR count). The van der Waals surface area contributed by atoms with Crippen molar-refractivity contribution in [3.63, 3.8) is 0 Å². The Morgan fingerprint density at radius 2 is 1.68 bits per heavy atom. The first-order valence-electron chi connectivity index (χ1n) is 7.13. The van der Waals surface area contributed by atoms with Crippen LogP contribution in [0, 0.1) is 0 Å². The van der Waals surface area contributed by atoms with E-state index in [0.29, 0.717) is 5.92 Å². The monoisotopic (exact) mass is 277 g/mol. The standard InChI is InChI=1S/C16H23NOS/c1-12(2)14-6-8-15(9-7-14)19-13(3)16(18)17-10-4-5-11-17/h6-9,12-13H,4-5,10-11H2,1-3H3. The van der Waals surface area contributed by atoms with Crippen LogP contribution in [0.1, 0.15) is 45.1 Å². The number of rotatable bonds is 4. The third-order valence-corrected chi connectivity index (χ3v) is 4.72. The number of benzene rings is 1. The maximum atomic E-state index is 12.2. The summed E-state index contributed by atoms with van der Waals surface area (Å²) < 4.78 is 0. The summed E-state index contributed by atoms with van der Waals surface area (Å²) in [6.45, 7) is 8.29. The summed E-state index contributed by atoms with van der Waals surface area (Å²) >= 11 is 1.67. The summed E-state index contributed by atoms with van der Waals surface area (Å²) in [7, 11) is 0. The van der Waals surface area contributed by atoms with Crippen molar-refractivity contribution < 1.29 is 4.79 Å². The molecule has 0 aromatic heterocycles. The fourth-order valence-corrected chi connectivity index (χ4v) is 3.33. The average molecular weight is 277 g/mol. The molecule has 104 valence electrons. The van der Waals surface area contributed by atoms with Crippen molar-refractivity contribution in [1.82, 2.24) is 4.90 Å². The van der Waals surface area contributed by atoms with Crippen molar-refractivity contribution >= 4 is 17.7 Å². The Morgan fingerprint density at radius 1 is 1.11 bits per heavy atom. The van der Waals surface area contributed by atoms with Crippen LogP contribution in [0.5, 0.6) is 0 Å². The number of hydrogen-bond donors (Lipinski definition) is 0. The number of carbonyl (C=O) groups excluding carboxylic acids is 1. The molecule has 1 aliphatic heterocycles. The molecule has 1 aliphatic rings. The van der Waals surface area contributed by atoms with Gasteiger partial charge in [0.05, 0.1) is 5.25 Å². The number of nitrogens with zero attached hydrogens (tertiary/aromatic N) is 1. The number of carbonyl (C=O) groups is 1. The summed E-state index contributed by atoms with van der Waals surface area (Å²) in [5, 5.41) is 0.0167. The molecular formula is C16H23NOS. The van der Waals surface area contributed by atoms with E-state index in [0.717, 1.165) is 25.9 Å². The van der Waals surface area contributed by atoms with Gasteiger partial charge in [0, 0.05) is 18.0 Å². The zero-order chi connectivity index (χ0) is 13.8. The molecule has 0 radical (unpaired) electrons. The molecule has 1 unspecified atom stereocenters. The molecule has 1 heterocycles. The van der Waals surface area contributed by atoms with Crippen molar-refractivity contribution in [3.05, 3.63) is 29.8 Å². The van der Waals surface area contributed by atoms with Crippen molar-refractivity contribution in [1.29, 1.82) is 0 Å². The second-order valence-electron chi connectivity index (χ2n) is 5.52. The van der Waals surface area contributed by atoms with Gasteiger partial charge in [0.25, 0.3) is 0 Å². The molecule has 1 aromatic rings. The highest BCUT2D eigenvalue weighted by Crippen LogP contribution is 2.27. The van der Waals surface area contributed by atoms with Gasteiger partial charge in [-0.1, -0.05) is 26.0 Å². The van der Waals surface area contributed by atoms with E-state index < -0.39 is 0 Å². The van der Waals surface area contributed by atoms with Gasteiger partial charge in [-0.3, -0.25) is 4.79 Å². The van der Waals surface area contributed by atoms with E-state index >= 15 is 0 Å². The molecule has 1 aromatic carbocycles. The van der Waals surface area contributed by atoms with E-state index in [1.54, 1.807) is 11.8 Å². The minimum Gasteiger partial charge on any atom is -0.342 e. The number of amides is 1. The van der Waals surface area contributed by atoms with Crippen LogP contribution in [0.15, 0.2) is 29.2 Å². The maximum Gasteiger partial charge on any atom is 0.235 e. The van der Waals surface area contributed by atoms with Crippen molar-refractivity contribution in [3.8, 4) is 0 Å². The Morgan fingerprint density at radius 3 is 2.21 bits per heavy atom. The number of hydrogen-bond acceptors (Lipinski definition) is 2. The smallest absolute Gasteiger partial charge is 0.235 e. The molecule has 0 bridgehead atoms. The van der Waals surface area contributed by atoms with E-state index in [2.05, 4.69) is 38.1 Å².